The number of amides is 1. The second-order valence-corrected chi connectivity index (χ2v) is 8.08. The zero-order valence-corrected chi connectivity index (χ0v) is 16.5. The van der Waals surface area contributed by atoms with Gasteiger partial charge in [-0.3, -0.25) is 4.98 Å². The van der Waals surface area contributed by atoms with Gasteiger partial charge in [0.15, 0.2) is 0 Å². The number of ether oxygens (including phenoxy) is 1. The largest absolute Gasteiger partial charge is 0.478 e. The molecule has 0 atom stereocenters. The second kappa shape index (κ2) is 8.00. The Morgan fingerprint density at radius 1 is 1.11 bits per heavy atom. The van der Waals surface area contributed by atoms with Gasteiger partial charge in [-0.15, -0.1) is 0 Å². The summed E-state index contributed by atoms with van der Waals surface area (Å²) < 4.78 is 5.45. The number of hydrogen-bond acceptors (Lipinski definition) is 4. The predicted molar refractivity (Wildman–Crippen MR) is 106 cm³/mol. The molecule has 3 rings (SSSR count). The fraction of sp³-hybridized carbons (Fsp3) is 0.409. The number of carbonyl (C=O) groups is 2. The van der Waals surface area contributed by atoms with Crippen LogP contribution in [0.5, 0.6) is 0 Å². The van der Waals surface area contributed by atoms with E-state index in [1.807, 2.05) is 45.0 Å². The van der Waals surface area contributed by atoms with Gasteiger partial charge >= 0.3 is 12.1 Å². The van der Waals surface area contributed by atoms with Gasteiger partial charge in [-0.2, -0.15) is 0 Å². The number of carboxylic acid groups (broad SMARTS) is 1. The molecule has 1 fully saturated rings. The lowest BCUT2D eigenvalue weighted by Crippen LogP contribution is -2.41. The molecule has 1 aromatic carbocycles. The van der Waals surface area contributed by atoms with Gasteiger partial charge in [0, 0.05) is 30.3 Å². The average molecular weight is 382 g/mol. The summed E-state index contributed by atoms with van der Waals surface area (Å²) >= 11 is 0. The second-order valence-electron chi connectivity index (χ2n) is 8.08. The standard InChI is InChI=1S/C22H26N2O4/c1-22(2,3)28-21(27)24-12-10-15(11-13-24)18-8-5-9-19(23-18)16-6-4-7-17(14-16)20(25)26/h4-9,14-15H,10-13H2,1-3H3,(H,25,26). The van der Waals surface area contributed by atoms with Crippen molar-refractivity contribution in [3.63, 3.8) is 0 Å². The van der Waals surface area contributed by atoms with E-state index >= 15 is 0 Å². The summed E-state index contributed by atoms with van der Waals surface area (Å²) in [5.74, 6) is -0.686. The average Bonchev–Trinajstić information content (AvgIpc) is 2.67. The van der Waals surface area contributed by atoms with Crippen LogP contribution in [-0.2, 0) is 4.74 Å². The van der Waals surface area contributed by atoms with Gasteiger partial charge < -0.3 is 14.7 Å². The zero-order valence-electron chi connectivity index (χ0n) is 16.5. The van der Waals surface area contributed by atoms with Gasteiger partial charge in [0.2, 0.25) is 0 Å². The molecule has 1 amide bonds. The summed E-state index contributed by atoms with van der Waals surface area (Å²) in [6, 6.07) is 12.6. The molecule has 1 aliphatic heterocycles. The highest BCUT2D eigenvalue weighted by Gasteiger charge is 2.28. The molecule has 0 unspecified atom stereocenters. The van der Waals surface area contributed by atoms with Crippen LogP contribution in [0.4, 0.5) is 4.79 Å². The Morgan fingerprint density at radius 3 is 2.43 bits per heavy atom. The summed E-state index contributed by atoms with van der Waals surface area (Å²) in [5, 5.41) is 9.19. The lowest BCUT2D eigenvalue weighted by Gasteiger charge is -2.33. The van der Waals surface area contributed by atoms with Crippen molar-refractivity contribution < 1.29 is 19.4 Å². The van der Waals surface area contributed by atoms with E-state index in [0.717, 1.165) is 29.8 Å². The van der Waals surface area contributed by atoms with Gasteiger partial charge in [0.1, 0.15) is 5.60 Å². The molecule has 2 aromatic rings. The number of hydrogen-bond donors (Lipinski definition) is 1. The molecule has 0 radical (unpaired) electrons. The van der Waals surface area contributed by atoms with Crippen molar-refractivity contribution in [3.8, 4) is 11.3 Å². The van der Waals surface area contributed by atoms with Crippen LogP contribution in [-0.4, -0.2) is 45.7 Å². The minimum Gasteiger partial charge on any atom is -0.478 e. The summed E-state index contributed by atoms with van der Waals surface area (Å²) in [4.78, 5) is 30.0. The van der Waals surface area contributed by atoms with E-state index in [9.17, 15) is 14.7 Å². The van der Waals surface area contributed by atoms with Crippen LogP contribution in [0, 0.1) is 0 Å². The van der Waals surface area contributed by atoms with Gasteiger partial charge in [0.25, 0.3) is 0 Å². The molecular formula is C22H26N2O4. The number of benzene rings is 1. The molecule has 0 aliphatic carbocycles. The third kappa shape index (κ3) is 4.88. The first-order valence-electron chi connectivity index (χ1n) is 9.51. The van der Waals surface area contributed by atoms with Gasteiger partial charge in [-0.25, -0.2) is 9.59 Å². The van der Waals surface area contributed by atoms with Gasteiger partial charge in [0.05, 0.1) is 11.3 Å². The summed E-state index contributed by atoms with van der Waals surface area (Å²) in [7, 11) is 0. The molecule has 1 saturated heterocycles. The van der Waals surface area contributed by atoms with E-state index in [1.54, 1.807) is 23.1 Å². The molecule has 1 N–H and O–H groups in total. The van der Waals surface area contributed by atoms with E-state index < -0.39 is 11.6 Å². The first kappa shape index (κ1) is 19.9. The molecule has 0 spiro atoms. The Hall–Kier alpha value is -2.89. The minimum atomic E-state index is -0.951. The molecular weight excluding hydrogens is 356 g/mol. The van der Waals surface area contributed by atoms with Crippen molar-refractivity contribution in [2.24, 2.45) is 0 Å². The van der Waals surface area contributed by atoms with Crippen molar-refractivity contribution in [1.82, 2.24) is 9.88 Å². The first-order valence-corrected chi connectivity index (χ1v) is 9.51. The number of pyridine rings is 1. The maximum absolute atomic E-state index is 12.2. The Morgan fingerprint density at radius 2 is 1.79 bits per heavy atom. The Balaban J connectivity index is 1.70. The van der Waals surface area contributed by atoms with Crippen molar-refractivity contribution >= 4 is 12.1 Å². The molecule has 148 valence electrons. The highest BCUT2D eigenvalue weighted by molar-refractivity contribution is 5.89. The van der Waals surface area contributed by atoms with E-state index in [-0.39, 0.29) is 17.6 Å². The SMILES string of the molecule is CC(C)(C)OC(=O)N1CCC(c2cccc(-c3cccc(C(=O)O)c3)n2)CC1. The van der Waals surface area contributed by atoms with E-state index in [2.05, 4.69) is 0 Å². The molecule has 1 aromatic heterocycles. The van der Waals surface area contributed by atoms with E-state index in [0.29, 0.717) is 13.1 Å². The molecule has 1 aliphatic rings. The topological polar surface area (TPSA) is 79.7 Å². The number of aromatic carboxylic acids is 1. The summed E-state index contributed by atoms with van der Waals surface area (Å²) in [6.45, 7) is 6.88. The Kier molecular flexibility index (Phi) is 5.68. The summed E-state index contributed by atoms with van der Waals surface area (Å²) in [6.07, 6.45) is 1.38. The number of nitrogens with zero attached hydrogens (tertiary/aromatic N) is 2. The third-order valence-corrected chi connectivity index (χ3v) is 4.74. The smallest absolute Gasteiger partial charge is 0.410 e. The van der Waals surface area contributed by atoms with Crippen LogP contribution in [0.25, 0.3) is 11.3 Å². The molecule has 2 heterocycles. The van der Waals surface area contributed by atoms with Crippen molar-refractivity contribution in [2.45, 2.75) is 45.1 Å². The molecule has 6 heteroatoms. The fourth-order valence-electron chi connectivity index (χ4n) is 3.34. The monoisotopic (exact) mass is 382 g/mol. The number of piperidine rings is 1. The molecule has 6 nitrogen and oxygen atoms in total. The van der Waals surface area contributed by atoms with Crippen molar-refractivity contribution in [3.05, 3.63) is 53.7 Å². The van der Waals surface area contributed by atoms with E-state index in [4.69, 9.17) is 9.72 Å². The number of rotatable bonds is 3. The normalized spacial score (nSPS) is 15.3. The fourth-order valence-corrected chi connectivity index (χ4v) is 3.34. The van der Waals surface area contributed by atoms with Crippen LogP contribution in [0.3, 0.4) is 0 Å². The van der Waals surface area contributed by atoms with E-state index in [1.165, 1.54) is 0 Å². The highest BCUT2D eigenvalue weighted by atomic mass is 16.6. The van der Waals surface area contributed by atoms with Crippen LogP contribution in [0.2, 0.25) is 0 Å². The quantitative estimate of drug-likeness (QED) is 0.842. The lowest BCUT2D eigenvalue weighted by molar-refractivity contribution is 0.0204. The number of aromatic nitrogens is 1. The zero-order chi connectivity index (χ0) is 20.3. The molecule has 0 saturated carbocycles. The Bertz CT molecular complexity index is 865. The van der Waals surface area contributed by atoms with Crippen LogP contribution >= 0.6 is 0 Å². The third-order valence-electron chi connectivity index (χ3n) is 4.74. The Labute approximate surface area is 165 Å². The van der Waals surface area contributed by atoms with Crippen LogP contribution < -0.4 is 0 Å². The van der Waals surface area contributed by atoms with Gasteiger partial charge in [-0.05, 0) is 57.9 Å². The maximum Gasteiger partial charge on any atom is 0.410 e. The van der Waals surface area contributed by atoms with Crippen LogP contribution in [0.1, 0.15) is 55.6 Å². The molecule has 0 bridgehead atoms. The minimum absolute atomic E-state index is 0.246. The van der Waals surface area contributed by atoms with Crippen molar-refractivity contribution in [1.29, 1.82) is 0 Å². The lowest BCUT2D eigenvalue weighted by atomic mass is 9.93. The number of likely N-dealkylation sites (tertiary alicyclic amines) is 1. The maximum atomic E-state index is 12.2. The summed E-state index contributed by atoms with van der Waals surface area (Å²) in [5.41, 5.74) is 2.27. The first-order chi connectivity index (χ1) is 13.2. The highest BCUT2D eigenvalue weighted by Crippen LogP contribution is 2.29. The number of carbonyl (C=O) groups excluding carboxylic acids is 1. The number of carboxylic acids is 1. The predicted octanol–water partition coefficient (Wildman–Crippen LogP) is 4.56. The molecule has 28 heavy (non-hydrogen) atoms. The van der Waals surface area contributed by atoms with Gasteiger partial charge in [-0.1, -0.05) is 18.2 Å². The van der Waals surface area contributed by atoms with Crippen molar-refractivity contribution in [2.75, 3.05) is 13.1 Å². The van der Waals surface area contributed by atoms with Crippen LogP contribution in [0.15, 0.2) is 42.5 Å².